The van der Waals surface area contributed by atoms with Gasteiger partial charge in [0.05, 0.1) is 0 Å². The third-order valence-electron chi connectivity index (χ3n) is 3.56. The predicted octanol–water partition coefficient (Wildman–Crippen LogP) is 1.86. The van der Waals surface area contributed by atoms with E-state index in [0.717, 1.165) is 37.8 Å². The fraction of sp³-hybridized carbons (Fsp3) is 0.538. The van der Waals surface area contributed by atoms with Gasteiger partial charge in [0.1, 0.15) is 16.5 Å². The largest absolute Gasteiger partial charge is 0.329 e. The van der Waals surface area contributed by atoms with Crippen LogP contribution in [0.4, 0.5) is 8.78 Å². The Balaban J connectivity index is 2.39. The maximum absolute atomic E-state index is 13.8. The molecule has 0 saturated heterocycles. The molecular weight excluding hydrogens is 286 g/mol. The molecule has 2 N–H and O–H groups in total. The van der Waals surface area contributed by atoms with Crippen molar-refractivity contribution in [3.63, 3.8) is 0 Å². The Morgan fingerprint density at radius 2 is 1.90 bits per heavy atom. The molecule has 0 heterocycles. The SMILES string of the molecule is NCCN(C1CCCC1)S(=O)(=O)c1ccc(F)cc1F. The zero-order valence-corrected chi connectivity index (χ0v) is 11.9. The Morgan fingerprint density at radius 1 is 1.25 bits per heavy atom. The molecule has 0 aromatic heterocycles. The second kappa shape index (κ2) is 6.15. The second-order valence-corrected chi connectivity index (χ2v) is 6.78. The van der Waals surface area contributed by atoms with Gasteiger partial charge in [0.15, 0.2) is 0 Å². The molecule has 1 aliphatic rings. The number of hydrogen-bond donors (Lipinski definition) is 1. The van der Waals surface area contributed by atoms with Gasteiger partial charge in [-0.25, -0.2) is 17.2 Å². The smallest absolute Gasteiger partial charge is 0.246 e. The van der Waals surface area contributed by atoms with Crippen molar-refractivity contribution in [1.29, 1.82) is 0 Å². The zero-order chi connectivity index (χ0) is 14.8. The van der Waals surface area contributed by atoms with E-state index < -0.39 is 26.6 Å². The summed E-state index contributed by atoms with van der Waals surface area (Å²) < 4.78 is 53.0. The van der Waals surface area contributed by atoms with E-state index in [-0.39, 0.29) is 19.1 Å². The van der Waals surface area contributed by atoms with Crippen LogP contribution in [0.3, 0.4) is 0 Å². The molecule has 1 aromatic rings. The number of hydrogen-bond acceptors (Lipinski definition) is 3. The summed E-state index contributed by atoms with van der Waals surface area (Å²) in [4.78, 5) is -0.487. The molecule has 1 saturated carbocycles. The monoisotopic (exact) mass is 304 g/mol. The Kier molecular flexibility index (Phi) is 4.72. The van der Waals surface area contributed by atoms with Gasteiger partial charge >= 0.3 is 0 Å². The summed E-state index contributed by atoms with van der Waals surface area (Å²) in [6.07, 6.45) is 3.41. The van der Waals surface area contributed by atoms with Crippen LogP contribution in [0.15, 0.2) is 23.1 Å². The molecule has 2 rings (SSSR count). The lowest BCUT2D eigenvalue weighted by Crippen LogP contribution is -2.42. The van der Waals surface area contributed by atoms with Crippen molar-refractivity contribution >= 4 is 10.0 Å². The summed E-state index contributed by atoms with van der Waals surface area (Å²) in [6.45, 7) is 0.308. The van der Waals surface area contributed by atoms with Gasteiger partial charge < -0.3 is 5.73 Å². The average molecular weight is 304 g/mol. The molecule has 1 fully saturated rings. The van der Waals surface area contributed by atoms with Crippen LogP contribution in [0, 0.1) is 11.6 Å². The van der Waals surface area contributed by atoms with Crippen LogP contribution < -0.4 is 5.73 Å². The van der Waals surface area contributed by atoms with Gasteiger partial charge in [-0.15, -0.1) is 0 Å². The Morgan fingerprint density at radius 3 is 2.45 bits per heavy atom. The summed E-state index contributed by atoms with van der Waals surface area (Å²) in [5.74, 6) is -1.86. The summed E-state index contributed by atoms with van der Waals surface area (Å²) in [7, 11) is -3.98. The minimum Gasteiger partial charge on any atom is -0.329 e. The minimum atomic E-state index is -3.98. The van der Waals surface area contributed by atoms with Crippen LogP contribution in [0.2, 0.25) is 0 Å². The van der Waals surface area contributed by atoms with E-state index in [2.05, 4.69) is 0 Å². The first-order valence-electron chi connectivity index (χ1n) is 6.64. The first-order chi connectivity index (χ1) is 9.46. The summed E-state index contributed by atoms with van der Waals surface area (Å²) >= 11 is 0. The van der Waals surface area contributed by atoms with Gasteiger partial charge in [-0.05, 0) is 25.0 Å². The molecule has 0 unspecified atom stereocenters. The topological polar surface area (TPSA) is 63.4 Å². The highest BCUT2D eigenvalue weighted by molar-refractivity contribution is 7.89. The van der Waals surface area contributed by atoms with E-state index in [9.17, 15) is 17.2 Å². The molecule has 112 valence electrons. The molecule has 1 aliphatic carbocycles. The molecule has 0 amide bonds. The van der Waals surface area contributed by atoms with Crippen molar-refractivity contribution in [2.24, 2.45) is 5.73 Å². The summed E-state index contributed by atoms with van der Waals surface area (Å²) in [5.41, 5.74) is 5.47. The van der Waals surface area contributed by atoms with Crippen LogP contribution in [0.1, 0.15) is 25.7 Å². The molecule has 20 heavy (non-hydrogen) atoms. The molecule has 0 aliphatic heterocycles. The molecule has 0 radical (unpaired) electrons. The molecule has 0 spiro atoms. The van der Waals surface area contributed by atoms with Crippen molar-refractivity contribution in [1.82, 2.24) is 4.31 Å². The highest BCUT2D eigenvalue weighted by Gasteiger charge is 2.34. The molecule has 1 aromatic carbocycles. The molecule has 7 heteroatoms. The normalized spacial score (nSPS) is 17.0. The fourth-order valence-electron chi connectivity index (χ4n) is 2.63. The number of nitrogens with two attached hydrogens (primary N) is 1. The Hall–Kier alpha value is -1.05. The van der Waals surface area contributed by atoms with Gasteiger partial charge in [0.2, 0.25) is 10.0 Å². The van der Waals surface area contributed by atoms with Gasteiger partial charge in [-0.2, -0.15) is 4.31 Å². The van der Waals surface area contributed by atoms with E-state index in [4.69, 9.17) is 5.73 Å². The van der Waals surface area contributed by atoms with Crippen LogP contribution >= 0.6 is 0 Å². The van der Waals surface area contributed by atoms with E-state index in [1.807, 2.05) is 0 Å². The third-order valence-corrected chi connectivity index (χ3v) is 5.55. The standard InChI is InChI=1S/C13H18F2N2O2S/c14-10-5-6-13(12(15)9-10)20(18,19)17(8-7-16)11-3-1-2-4-11/h5-6,9,11H,1-4,7-8,16H2. The van der Waals surface area contributed by atoms with E-state index in [1.54, 1.807) is 0 Å². The Bertz CT molecular complexity index is 572. The highest BCUT2D eigenvalue weighted by Crippen LogP contribution is 2.29. The summed E-state index contributed by atoms with van der Waals surface area (Å²) in [5, 5.41) is 0. The van der Waals surface area contributed by atoms with Gasteiger partial charge in [0.25, 0.3) is 0 Å². The number of benzene rings is 1. The number of halogens is 2. The minimum absolute atomic E-state index is 0.143. The maximum Gasteiger partial charge on any atom is 0.246 e. The predicted molar refractivity (Wildman–Crippen MR) is 71.6 cm³/mol. The second-order valence-electron chi connectivity index (χ2n) is 4.92. The zero-order valence-electron chi connectivity index (χ0n) is 11.1. The number of nitrogens with zero attached hydrogens (tertiary/aromatic N) is 1. The molecule has 0 bridgehead atoms. The van der Waals surface area contributed by atoms with E-state index >= 15 is 0 Å². The van der Waals surface area contributed by atoms with E-state index in [0.29, 0.717) is 6.07 Å². The number of sulfonamides is 1. The van der Waals surface area contributed by atoms with E-state index in [1.165, 1.54) is 4.31 Å². The molecule has 4 nitrogen and oxygen atoms in total. The average Bonchev–Trinajstić information content (AvgIpc) is 2.88. The van der Waals surface area contributed by atoms with Crippen LogP contribution in [-0.2, 0) is 10.0 Å². The molecular formula is C13H18F2N2O2S. The highest BCUT2D eigenvalue weighted by atomic mass is 32.2. The Labute approximate surface area is 117 Å². The first-order valence-corrected chi connectivity index (χ1v) is 8.08. The maximum atomic E-state index is 13.8. The van der Waals surface area contributed by atoms with Crippen molar-refractivity contribution in [2.75, 3.05) is 13.1 Å². The number of rotatable bonds is 5. The quantitative estimate of drug-likeness (QED) is 0.903. The van der Waals surface area contributed by atoms with Gasteiger partial charge in [0, 0.05) is 25.2 Å². The molecule has 0 atom stereocenters. The van der Waals surface area contributed by atoms with Crippen molar-refractivity contribution in [2.45, 2.75) is 36.6 Å². The fourth-order valence-corrected chi connectivity index (χ4v) is 4.38. The van der Waals surface area contributed by atoms with Crippen molar-refractivity contribution in [3.05, 3.63) is 29.8 Å². The van der Waals surface area contributed by atoms with Gasteiger partial charge in [-0.3, -0.25) is 0 Å². The van der Waals surface area contributed by atoms with Gasteiger partial charge in [-0.1, -0.05) is 12.8 Å². The lowest BCUT2D eigenvalue weighted by Gasteiger charge is -2.27. The first kappa shape index (κ1) is 15.3. The third kappa shape index (κ3) is 2.99. The lowest BCUT2D eigenvalue weighted by molar-refractivity contribution is 0.327. The van der Waals surface area contributed by atoms with Crippen LogP contribution in [-0.4, -0.2) is 31.9 Å². The van der Waals surface area contributed by atoms with Crippen LogP contribution in [0.25, 0.3) is 0 Å². The van der Waals surface area contributed by atoms with Crippen LogP contribution in [0.5, 0.6) is 0 Å². The lowest BCUT2D eigenvalue weighted by atomic mass is 10.2. The summed E-state index contributed by atoms with van der Waals surface area (Å²) in [6, 6.07) is 2.36. The van der Waals surface area contributed by atoms with Crippen molar-refractivity contribution < 1.29 is 17.2 Å². The van der Waals surface area contributed by atoms with Crippen molar-refractivity contribution in [3.8, 4) is 0 Å².